The van der Waals surface area contributed by atoms with Crippen LogP contribution in [0.25, 0.3) is 0 Å². The first kappa shape index (κ1) is 17.7. The van der Waals surface area contributed by atoms with Crippen molar-refractivity contribution in [2.75, 3.05) is 12.4 Å². The molecular formula is C16H15BrN2O5. The van der Waals surface area contributed by atoms with Crippen molar-refractivity contribution >= 4 is 33.5 Å². The number of hydrogen-bond donors (Lipinski definition) is 2. The maximum absolute atomic E-state index is 12.3. The third-order valence-electron chi connectivity index (χ3n) is 3.41. The summed E-state index contributed by atoms with van der Waals surface area (Å²) >= 11 is 3.21. The van der Waals surface area contributed by atoms with Gasteiger partial charge in [-0.05, 0) is 47.1 Å². The lowest BCUT2D eigenvalue weighted by Crippen LogP contribution is -2.31. The Morgan fingerprint density at radius 3 is 2.46 bits per heavy atom. The van der Waals surface area contributed by atoms with E-state index in [0.29, 0.717) is 15.9 Å². The topological polar surface area (TPSA) is 97.6 Å². The SMILES string of the molecule is COc1cn(C(C)C(=O)Nc2ccc(C(=O)O)cc2)c(=O)cc1Br. The summed E-state index contributed by atoms with van der Waals surface area (Å²) in [6.45, 7) is 1.58. The van der Waals surface area contributed by atoms with E-state index >= 15 is 0 Å². The number of carbonyl (C=O) groups excluding carboxylic acids is 1. The summed E-state index contributed by atoms with van der Waals surface area (Å²) in [5.41, 5.74) is 0.204. The first-order valence-corrected chi connectivity index (χ1v) is 7.72. The van der Waals surface area contributed by atoms with Crippen LogP contribution in [0.5, 0.6) is 5.75 Å². The molecule has 7 nitrogen and oxygen atoms in total. The van der Waals surface area contributed by atoms with Crippen molar-refractivity contribution in [2.45, 2.75) is 13.0 Å². The van der Waals surface area contributed by atoms with Gasteiger partial charge in [-0.15, -0.1) is 0 Å². The zero-order valence-electron chi connectivity index (χ0n) is 12.9. The summed E-state index contributed by atoms with van der Waals surface area (Å²) in [4.78, 5) is 35.2. The van der Waals surface area contributed by atoms with Crippen molar-refractivity contribution < 1.29 is 19.4 Å². The number of nitrogens with zero attached hydrogens (tertiary/aromatic N) is 1. The van der Waals surface area contributed by atoms with Gasteiger partial charge in [0.15, 0.2) is 0 Å². The van der Waals surface area contributed by atoms with Gasteiger partial charge in [-0.2, -0.15) is 0 Å². The number of pyridine rings is 1. The van der Waals surface area contributed by atoms with E-state index in [-0.39, 0.29) is 11.1 Å². The number of anilines is 1. The molecular weight excluding hydrogens is 380 g/mol. The van der Waals surface area contributed by atoms with Crippen LogP contribution in [-0.4, -0.2) is 28.7 Å². The Kier molecular flexibility index (Phi) is 5.40. The van der Waals surface area contributed by atoms with E-state index in [1.165, 1.54) is 48.2 Å². The van der Waals surface area contributed by atoms with Crippen LogP contribution in [-0.2, 0) is 4.79 Å². The molecule has 0 spiro atoms. The van der Waals surface area contributed by atoms with Crippen molar-refractivity contribution in [3.63, 3.8) is 0 Å². The highest BCUT2D eigenvalue weighted by molar-refractivity contribution is 9.10. The molecule has 0 bridgehead atoms. The summed E-state index contributed by atoms with van der Waals surface area (Å²) in [6, 6.07) is 6.29. The van der Waals surface area contributed by atoms with Gasteiger partial charge >= 0.3 is 5.97 Å². The van der Waals surface area contributed by atoms with Crippen LogP contribution in [0.4, 0.5) is 5.69 Å². The molecule has 0 saturated heterocycles. The smallest absolute Gasteiger partial charge is 0.335 e. The van der Waals surface area contributed by atoms with Gasteiger partial charge in [-0.3, -0.25) is 14.2 Å². The molecule has 1 atom stereocenters. The van der Waals surface area contributed by atoms with Gasteiger partial charge in [0.25, 0.3) is 5.56 Å². The quantitative estimate of drug-likeness (QED) is 0.811. The van der Waals surface area contributed by atoms with Crippen LogP contribution in [0.2, 0.25) is 0 Å². The van der Waals surface area contributed by atoms with Crippen LogP contribution >= 0.6 is 15.9 Å². The molecule has 2 N–H and O–H groups in total. The summed E-state index contributed by atoms with van der Waals surface area (Å²) in [7, 11) is 1.46. The predicted octanol–water partition coefficient (Wildman–Crippen LogP) is 2.52. The van der Waals surface area contributed by atoms with Crippen LogP contribution in [0, 0.1) is 0 Å². The van der Waals surface area contributed by atoms with Crippen LogP contribution in [0.1, 0.15) is 23.3 Å². The van der Waals surface area contributed by atoms with E-state index in [0.717, 1.165) is 0 Å². The lowest BCUT2D eigenvalue weighted by molar-refractivity contribution is -0.118. The van der Waals surface area contributed by atoms with Gasteiger partial charge in [0.1, 0.15) is 11.8 Å². The molecule has 1 amide bonds. The number of hydrogen-bond acceptors (Lipinski definition) is 4. The number of carbonyl (C=O) groups is 2. The highest BCUT2D eigenvalue weighted by Gasteiger charge is 2.18. The highest BCUT2D eigenvalue weighted by atomic mass is 79.9. The number of carboxylic acids is 1. The van der Waals surface area contributed by atoms with E-state index in [1.807, 2.05) is 0 Å². The minimum Gasteiger partial charge on any atom is -0.494 e. The van der Waals surface area contributed by atoms with Crippen molar-refractivity contribution in [1.82, 2.24) is 4.57 Å². The van der Waals surface area contributed by atoms with Gasteiger partial charge in [-0.1, -0.05) is 0 Å². The van der Waals surface area contributed by atoms with E-state index in [4.69, 9.17) is 9.84 Å². The number of methoxy groups -OCH3 is 1. The fraction of sp³-hybridized carbons (Fsp3) is 0.188. The third-order valence-corrected chi connectivity index (χ3v) is 4.03. The zero-order valence-corrected chi connectivity index (χ0v) is 14.5. The van der Waals surface area contributed by atoms with Crippen molar-refractivity contribution in [2.24, 2.45) is 0 Å². The standard InChI is InChI=1S/C16H15BrN2O5/c1-9(19-8-13(24-2)12(17)7-14(19)20)15(21)18-11-5-3-10(4-6-11)16(22)23/h3-9H,1-2H3,(H,18,21)(H,22,23). The monoisotopic (exact) mass is 394 g/mol. The zero-order chi connectivity index (χ0) is 17.9. The van der Waals surface area contributed by atoms with Crippen LogP contribution in [0.15, 0.2) is 45.8 Å². The molecule has 24 heavy (non-hydrogen) atoms. The van der Waals surface area contributed by atoms with E-state index in [2.05, 4.69) is 21.2 Å². The molecule has 2 aromatic rings. The number of carboxylic acid groups (broad SMARTS) is 1. The number of nitrogens with one attached hydrogen (secondary N) is 1. The van der Waals surface area contributed by atoms with Crippen molar-refractivity contribution in [3.8, 4) is 5.75 Å². The number of rotatable bonds is 5. The fourth-order valence-electron chi connectivity index (χ4n) is 2.03. The number of ether oxygens (including phenoxy) is 1. The number of benzene rings is 1. The average molecular weight is 395 g/mol. The Hall–Kier alpha value is -2.61. The van der Waals surface area contributed by atoms with Crippen LogP contribution < -0.4 is 15.6 Å². The van der Waals surface area contributed by atoms with E-state index in [1.54, 1.807) is 6.92 Å². The summed E-state index contributed by atoms with van der Waals surface area (Å²) in [6.07, 6.45) is 1.45. The number of aromatic carboxylic acids is 1. The molecule has 0 aliphatic heterocycles. The normalized spacial score (nSPS) is 11.6. The molecule has 0 aliphatic rings. The first-order valence-electron chi connectivity index (χ1n) is 6.93. The number of halogens is 1. The van der Waals surface area contributed by atoms with Gasteiger partial charge in [0.05, 0.1) is 23.3 Å². The lowest BCUT2D eigenvalue weighted by Gasteiger charge is -2.16. The molecule has 0 radical (unpaired) electrons. The Labute approximate surface area is 146 Å². The van der Waals surface area contributed by atoms with Crippen LogP contribution in [0.3, 0.4) is 0 Å². The number of aromatic nitrogens is 1. The molecule has 1 aromatic heterocycles. The summed E-state index contributed by atoms with van der Waals surface area (Å²) in [5, 5.41) is 11.5. The first-order chi connectivity index (χ1) is 11.3. The molecule has 1 heterocycles. The molecule has 1 unspecified atom stereocenters. The molecule has 126 valence electrons. The largest absolute Gasteiger partial charge is 0.494 e. The number of amides is 1. The minimum absolute atomic E-state index is 0.120. The predicted molar refractivity (Wildman–Crippen MR) is 91.7 cm³/mol. The Bertz CT molecular complexity index is 829. The molecule has 8 heteroatoms. The molecule has 0 fully saturated rings. The Balaban J connectivity index is 2.20. The second-order valence-electron chi connectivity index (χ2n) is 4.98. The maximum atomic E-state index is 12.3. The molecule has 1 aromatic carbocycles. The molecule has 0 saturated carbocycles. The third kappa shape index (κ3) is 3.83. The van der Waals surface area contributed by atoms with E-state index < -0.39 is 17.9 Å². The molecule has 2 rings (SSSR count). The minimum atomic E-state index is -1.05. The second-order valence-corrected chi connectivity index (χ2v) is 5.84. The second kappa shape index (κ2) is 7.31. The van der Waals surface area contributed by atoms with Gasteiger partial charge in [-0.25, -0.2) is 4.79 Å². The fourth-order valence-corrected chi connectivity index (χ4v) is 2.49. The Morgan fingerprint density at radius 1 is 1.29 bits per heavy atom. The average Bonchev–Trinajstić information content (AvgIpc) is 2.55. The summed E-state index contributed by atoms with van der Waals surface area (Å²) < 4.78 is 6.89. The maximum Gasteiger partial charge on any atom is 0.335 e. The van der Waals surface area contributed by atoms with Crippen molar-refractivity contribution in [3.05, 3.63) is 56.9 Å². The lowest BCUT2D eigenvalue weighted by atomic mass is 10.2. The van der Waals surface area contributed by atoms with Gasteiger partial charge < -0.3 is 15.2 Å². The van der Waals surface area contributed by atoms with Gasteiger partial charge in [0, 0.05) is 11.8 Å². The van der Waals surface area contributed by atoms with E-state index in [9.17, 15) is 14.4 Å². The molecule has 0 aliphatic carbocycles. The Morgan fingerprint density at radius 2 is 1.92 bits per heavy atom. The van der Waals surface area contributed by atoms with Gasteiger partial charge in [0.2, 0.25) is 5.91 Å². The van der Waals surface area contributed by atoms with Crippen molar-refractivity contribution in [1.29, 1.82) is 0 Å². The highest BCUT2D eigenvalue weighted by Crippen LogP contribution is 2.23. The summed E-state index contributed by atoms with van der Waals surface area (Å²) in [5.74, 6) is -1.03.